The summed E-state index contributed by atoms with van der Waals surface area (Å²) in [7, 11) is 0. The average molecular weight is 451 g/mol. The van der Waals surface area contributed by atoms with Crippen LogP contribution in [-0.4, -0.2) is 49.4 Å². The number of hydrogen-bond acceptors (Lipinski definition) is 5. The molecule has 1 spiro atoms. The molecule has 1 saturated heterocycles. The van der Waals surface area contributed by atoms with Crippen molar-refractivity contribution in [2.75, 3.05) is 11.9 Å². The summed E-state index contributed by atoms with van der Waals surface area (Å²) in [5.41, 5.74) is 1.67. The van der Waals surface area contributed by atoms with Gasteiger partial charge in [-0.15, -0.1) is 0 Å². The van der Waals surface area contributed by atoms with E-state index in [0.29, 0.717) is 16.9 Å². The number of anilines is 1. The van der Waals surface area contributed by atoms with Crippen molar-refractivity contribution in [3.8, 4) is 5.69 Å². The molecule has 3 aliphatic rings. The number of nitrogens with one attached hydrogen (secondary N) is 1. The van der Waals surface area contributed by atoms with Crippen LogP contribution in [-0.2, 0) is 0 Å². The van der Waals surface area contributed by atoms with Crippen molar-refractivity contribution in [1.29, 1.82) is 0 Å². The van der Waals surface area contributed by atoms with E-state index in [1.54, 1.807) is 18.6 Å². The van der Waals surface area contributed by atoms with Crippen LogP contribution in [0.5, 0.6) is 0 Å². The Bertz CT molecular complexity index is 1080. The van der Waals surface area contributed by atoms with Gasteiger partial charge < -0.3 is 10.2 Å². The molecule has 2 saturated carbocycles. The number of pyridine rings is 1. The van der Waals surface area contributed by atoms with E-state index in [4.69, 9.17) is 0 Å². The average Bonchev–Trinajstić information content (AvgIpc) is 3.10. The van der Waals surface area contributed by atoms with E-state index in [1.165, 1.54) is 11.2 Å². The van der Waals surface area contributed by atoms with Crippen LogP contribution >= 0.6 is 15.9 Å². The van der Waals surface area contributed by atoms with Crippen LogP contribution in [0.15, 0.2) is 59.5 Å². The largest absolute Gasteiger partial charge is 0.365 e. The van der Waals surface area contributed by atoms with E-state index < -0.39 is 0 Å². The van der Waals surface area contributed by atoms with Gasteiger partial charge in [0.2, 0.25) is 0 Å². The number of piperidine rings is 1. The molecular weight excluding hydrogens is 432 g/mol. The minimum absolute atomic E-state index is 0.0599. The second kappa shape index (κ2) is 6.13. The fourth-order valence-electron chi connectivity index (χ4n) is 5.33. The number of nitrogens with zero attached hydrogens (tertiary/aromatic N) is 5. The third-order valence-corrected chi connectivity index (χ3v) is 7.16. The number of hydrogen-bond donors (Lipinski definition) is 1. The first-order valence-corrected chi connectivity index (χ1v) is 10.6. The maximum absolute atomic E-state index is 13.6. The number of rotatable bonds is 4. The summed E-state index contributed by atoms with van der Waals surface area (Å²) in [6.07, 6.45) is 7.38. The van der Waals surface area contributed by atoms with E-state index in [1.807, 2.05) is 36.4 Å². The minimum Gasteiger partial charge on any atom is -0.365 e. The highest BCUT2D eigenvalue weighted by molar-refractivity contribution is 9.10. The van der Waals surface area contributed by atoms with E-state index in [0.717, 1.165) is 28.9 Å². The second-order valence-corrected chi connectivity index (χ2v) is 9.10. The highest BCUT2D eigenvalue weighted by Crippen LogP contribution is 2.71. The zero-order chi connectivity index (χ0) is 19.6. The van der Waals surface area contributed by atoms with Gasteiger partial charge in [0.05, 0.1) is 29.7 Å². The molecular formula is C21H19BrN6O. The lowest BCUT2D eigenvalue weighted by Gasteiger charge is -2.48. The molecule has 146 valence electrons. The maximum Gasteiger partial charge on any atom is 0.256 e. The molecule has 6 rings (SSSR count). The normalized spacial score (nSPS) is 29.0. The quantitative estimate of drug-likeness (QED) is 0.660. The number of para-hydroxylation sites is 1. The van der Waals surface area contributed by atoms with Crippen LogP contribution in [0.1, 0.15) is 23.2 Å². The number of likely N-dealkylation sites (tertiary alicyclic amines) is 1. The number of benzene rings is 1. The van der Waals surface area contributed by atoms with Crippen LogP contribution in [0.2, 0.25) is 0 Å². The van der Waals surface area contributed by atoms with Gasteiger partial charge in [-0.2, -0.15) is 15.0 Å². The van der Waals surface area contributed by atoms with E-state index >= 15 is 0 Å². The van der Waals surface area contributed by atoms with Crippen molar-refractivity contribution in [1.82, 2.24) is 24.9 Å². The van der Waals surface area contributed by atoms with E-state index in [-0.39, 0.29) is 18.0 Å². The molecule has 1 N–H and O–H groups in total. The van der Waals surface area contributed by atoms with Gasteiger partial charge >= 0.3 is 0 Å². The number of aromatic nitrogens is 4. The monoisotopic (exact) mass is 450 g/mol. The fraction of sp³-hybridized carbons (Fsp3) is 0.333. The predicted molar refractivity (Wildman–Crippen MR) is 111 cm³/mol. The number of halogens is 1. The molecule has 0 radical (unpaired) electrons. The summed E-state index contributed by atoms with van der Waals surface area (Å²) in [6, 6.07) is 12.0. The first-order chi connectivity index (χ1) is 14.2. The van der Waals surface area contributed by atoms with Crippen molar-refractivity contribution in [2.24, 2.45) is 11.3 Å². The van der Waals surface area contributed by atoms with E-state index in [9.17, 15) is 4.79 Å². The molecule has 4 unspecified atom stereocenters. The molecule has 4 atom stereocenters. The molecule has 2 aliphatic carbocycles. The van der Waals surface area contributed by atoms with Crippen molar-refractivity contribution < 1.29 is 4.79 Å². The topological polar surface area (TPSA) is 75.9 Å². The third kappa shape index (κ3) is 2.55. The lowest BCUT2D eigenvalue weighted by atomic mass is 9.71. The van der Waals surface area contributed by atoms with Gasteiger partial charge in [-0.1, -0.05) is 12.1 Å². The van der Waals surface area contributed by atoms with Crippen LogP contribution in [0, 0.1) is 11.3 Å². The maximum atomic E-state index is 13.6. The lowest BCUT2D eigenvalue weighted by Crippen LogP contribution is -2.60. The lowest BCUT2D eigenvalue weighted by molar-refractivity contribution is 0.0471. The Balaban J connectivity index is 1.28. The number of carbonyl (C=O) groups is 1. The van der Waals surface area contributed by atoms with Crippen molar-refractivity contribution in [2.45, 2.75) is 24.9 Å². The number of amides is 1. The van der Waals surface area contributed by atoms with Gasteiger partial charge in [-0.05, 0) is 64.4 Å². The van der Waals surface area contributed by atoms with Gasteiger partial charge in [-0.3, -0.25) is 4.79 Å². The molecule has 3 aromatic rings. The van der Waals surface area contributed by atoms with Crippen LogP contribution in [0.4, 0.5) is 5.82 Å². The number of carbonyl (C=O) groups excluding carboxylic acids is 1. The van der Waals surface area contributed by atoms with Crippen LogP contribution in [0.3, 0.4) is 0 Å². The summed E-state index contributed by atoms with van der Waals surface area (Å²) in [5.74, 6) is 1.54. The van der Waals surface area contributed by atoms with Crippen molar-refractivity contribution >= 4 is 27.7 Å². The summed E-state index contributed by atoms with van der Waals surface area (Å²) in [6.45, 7) is 0.830. The highest BCUT2D eigenvalue weighted by Gasteiger charge is 2.75. The third-order valence-electron chi connectivity index (χ3n) is 6.69. The molecule has 1 aromatic carbocycles. The fourth-order valence-corrected chi connectivity index (χ4v) is 5.57. The molecule has 1 amide bonds. The summed E-state index contributed by atoms with van der Waals surface area (Å²) in [5, 5.41) is 12.0. The van der Waals surface area contributed by atoms with Gasteiger partial charge in [0.1, 0.15) is 5.82 Å². The van der Waals surface area contributed by atoms with Crippen LogP contribution in [0.25, 0.3) is 5.69 Å². The van der Waals surface area contributed by atoms with Gasteiger partial charge in [0, 0.05) is 23.3 Å². The molecule has 8 heteroatoms. The SMILES string of the molecule is O=C(c1ccccc1-n1nccn1)N1CC2CC23CC(Nc2ccc(Br)cn2)C13. The zero-order valence-electron chi connectivity index (χ0n) is 15.6. The first-order valence-electron chi connectivity index (χ1n) is 9.80. The Morgan fingerprint density at radius 2 is 1.97 bits per heavy atom. The standard InChI is InChI=1S/C21H19BrN6O/c22-14-5-6-18(23-11-14)26-16-10-21-9-13(21)12-27(19(16)21)20(29)15-3-1-2-4-17(15)28-24-7-8-25-28/h1-8,11,13,16,19H,9-10,12H2,(H,23,26). The molecule has 7 nitrogen and oxygen atoms in total. The Hall–Kier alpha value is -2.74. The minimum atomic E-state index is 0.0599. The summed E-state index contributed by atoms with van der Waals surface area (Å²) < 4.78 is 0.955. The molecule has 2 aromatic heterocycles. The van der Waals surface area contributed by atoms with Gasteiger partial charge in [0.15, 0.2) is 0 Å². The molecule has 1 aliphatic heterocycles. The molecule has 3 fully saturated rings. The summed E-state index contributed by atoms with van der Waals surface area (Å²) >= 11 is 3.43. The Morgan fingerprint density at radius 3 is 2.76 bits per heavy atom. The molecule has 3 heterocycles. The van der Waals surface area contributed by atoms with Gasteiger partial charge in [0.25, 0.3) is 5.91 Å². The van der Waals surface area contributed by atoms with Crippen molar-refractivity contribution in [3.05, 3.63) is 65.0 Å². The highest BCUT2D eigenvalue weighted by atomic mass is 79.9. The van der Waals surface area contributed by atoms with Gasteiger partial charge in [-0.25, -0.2) is 4.98 Å². The molecule has 0 bridgehead atoms. The van der Waals surface area contributed by atoms with E-state index in [2.05, 4.69) is 41.3 Å². The van der Waals surface area contributed by atoms with Crippen molar-refractivity contribution in [3.63, 3.8) is 0 Å². The Morgan fingerprint density at radius 1 is 1.14 bits per heavy atom. The Labute approximate surface area is 176 Å². The van der Waals surface area contributed by atoms with Crippen LogP contribution < -0.4 is 5.32 Å². The second-order valence-electron chi connectivity index (χ2n) is 8.19. The summed E-state index contributed by atoms with van der Waals surface area (Å²) in [4.78, 5) is 21.6. The zero-order valence-corrected chi connectivity index (χ0v) is 17.2. The smallest absolute Gasteiger partial charge is 0.256 e. The predicted octanol–water partition coefficient (Wildman–Crippen LogP) is 3.14. The first kappa shape index (κ1) is 17.1. The molecule has 29 heavy (non-hydrogen) atoms. The Kier molecular flexibility index (Phi) is 3.62.